The van der Waals surface area contributed by atoms with E-state index in [-0.39, 0.29) is 11.9 Å². The van der Waals surface area contributed by atoms with Gasteiger partial charge in [-0.15, -0.1) is 11.3 Å². The van der Waals surface area contributed by atoms with Crippen LogP contribution in [0.5, 0.6) is 0 Å². The van der Waals surface area contributed by atoms with Gasteiger partial charge in [-0.25, -0.2) is 4.98 Å². The zero-order valence-electron chi connectivity index (χ0n) is 11.6. The van der Waals surface area contributed by atoms with Crippen molar-refractivity contribution in [1.82, 2.24) is 25.3 Å². The first kappa shape index (κ1) is 13.7. The summed E-state index contributed by atoms with van der Waals surface area (Å²) in [5, 5.41) is 13.6. The summed E-state index contributed by atoms with van der Waals surface area (Å²) in [5.41, 5.74) is 2.13. The van der Waals surface area contributed by atoms with Crippen LogP contribution in [0.15, 0.2) is 29.8 Å². The second kappa shape index (κ2) is 5.69. The Morgan fingerprint density at radius 3 is 3.09 bits per heavy atom. The van der Waals surface area contributed by atoms with Crippen LogP contribution in [0.25, 0.3) is 11.0 Å². The minimum atomic E-state index is 0.0328. The zero-order chi connectivity index (χ0) is 14.9. The van der Waals surface area contributed by atoms with Crippen molar-refractivity contribution in [2.75, 3.05) is 18.1 Å². The topological polar surface area (TPSA) is 74.8 Å². The Balaban J connectivity index is 1.67. The van der Waals surface area contributed by atoms with Crippen LogP contribution in [-0.4, -0.2) is 49.3 Å². The SMILES string of the molecule is O=C(c1ccc2n[nH]nc2c1)N1CCSCC1c1nccs1. The van der Waals surface area contributed by atoms with Crippen LogP contribution in [0.3, 0.4) is 0 Å². The number of aromatic amines is 1. The van der Waals surface area contributed by atoms with Gasteiger partial charge in [0.2, 0.25) is 0 Å². The highest BCUT2D eigenvalue weighted by Gasteiger charge is 2.30. The van der Waals surface area contributed by atoms with Gasteiger partial charge < -0.3 is 4.90 Å². The minimum absolute atomic E-state index is 0.0328. The Hall–Kier alpha value is -1.93. The van der Waals surface area contributed by atoms with Crippen LogP contribution < -0.4 is 0 Å². The molecule has 2 aromatic heterocycles. The molecule has 1 N–H and O–H groups in total. The fourth-order valence-electron chi connectivity index (χ4n) is 2.59. The lowest BCUT2D eigenvalue weighted by Crippen LogP contribution is -2.40. The van der Waals surface area contributed by atoms with E-state index in [0.717, 1.165) is 28.6 Å². The third-order valence-electron chi connectivity index (χ3n) is 3.69. The molecule has 1 amide bonds. The molecule has 1 fully saturated rings. The van der Waals surface area contributed by atoms with Gasteiger partial charge in [-0.05, 0) is 18.2 Å². The van der Waals surface area contributed by atoms with E-state index in [0.29, 0.717) is 11.1 Å². The van der Waals surface area contributed by atoms with Crippen molar-refractivity contribution in [3.63, 3.8) is 0 Å². The number of H-pyrrole nitrogens is 1. The second-order valence-corrected chi connectivity index (χ2v) is 7.06. The highest BCUT2D eigenvalue weighted by molar-refractivity contribution is 7.99. The van der Waals surface area contributed by atoms with E-state index in [1.54, 1.807) is 23.6 Å². The van der Waals surface area contributed by atoms with E-state index in [1.165, 1.54) is 0 Å². The maximum absolute atomic E-state index is 12.9. The number of carbonyl (C=O) groups excluding carboxylic acids is 1. The van der Waals surface area contributed by atoms with Gasteiger partial charge in [0.15, 0.2) is 0 Å². The summed E-state index contributed by atoms with van der Waals surface area (Å²) >= 11 is 3.47. The third-order valence-corrected chi connectivity index (χ3v) is 5.59. The van der Waals surface area contributed by atoms with Crippen molar-refractivity contribution >= 4 is 40.0 Å². The number of amides is 1. The molecule has 0 spiro atoms. The van der Waals surface area contributed by atoms with Crippen molar-refractivity contribution in [3.05, 3.63) is 40.3 Å². The summed E-state index contributed by atoms with van der Waals surface area (Å²) in [7, 11) is 0. The average molecular weight is 331 g/mol. The zero-order valence-corrected chi connectivity index (χ0v) is 13.2. The molecule has 0 aliphatic carbocycles. The number of fused-ring (bicyclic) bond motifs is 1. The van der Waals surface area contributed by atoms with E-state index in [9.17, 15) is 4.79 Å². The maximum Gasteiger partial charge on any atom is 0.254 e. The van der Waals surface area contributed by atoms with Crippen LogP contribution >= 0.6 is 23.1 Å². The molecule has 1 unspecified atom stereocenters. The molecule has 3 heterocycles. The van der Waals surface area contributed by atoms with Crippen LogP contribution in [0.1, 0.15) is 21.4 Å². The highest BCUT2D eigenvalue weighted by Crippen LogP contribution is 2.32. The predicted octanol–water partition coefficient (Wildman–Crippen LogP) is 2.34. The molecule has 22 heavy (non-hydrogen) atoms. The summed E-state index contributed by atoms with van der Waals surface area (Å²) in [5.74, 6) is 1.89. The Morgan fingerprint density at radius 2 is 2.23 bits per heavy atom. The number of benzene rings is 1. The van der Waals surface area contributed by atoms with Crippen LogP contribution in [0.4, 0.5) is 0 Å². The summed E-state index contributed by atoms with van der Waals surface area (Å²) in [6.07, 6.45) is 1.80. The lowest BCUT2D eigenvalue weighted by molar-refractivity contribution is 0.0701. The Morgan fingerprint density at radius 1 is 1.32 bits per heavy atom. The first-order valence-electron chi connectivity index (χ1n) is 6.91. The van der Waals surface area contributed by atoms with Gasteiger partial charge in [0.05, 0.1) is 6.04 Å². The number of carbonyl (C=O) groups is 1. The number of nitrogens with zero attached hydrogens (tertiary/aromatic N) is 4. The first-order chi connectivity index (χ1) is 10.8. The number of thioether (sulfide) groups is 1. The summed E-state index contributed by atoms with van der Waals surface area (Å²) in [4.78, 5) is 19.2. The van der Waals surface area contributed by atoms with Gasteiger partial charge in [0, 0.05) is 35.2 Å². The van der Waals surface area contributed by atoms with Crippen LogP contribution in [0.2, 0.25) is 0 Å². The normalized spacial score (nSPS) is 18.7. The molecule has 1 aromatic carbocycles. The maximum atomic E-state index is 12.9. The molecule has 0 radical (unpaired) electrons. The van der Waals surface area contributed by atoms with Crippen LogP contribution in [0, 0.1) is 0 Å². The van der Waals surface area contributed by atoms with Gasteiger partial charge in [-0.2, -0.15) is 27.2 Å². The third kappa shape index (κ3) is 2.38. The molecule has 112 valence electrons. The fourth-order valence-corrected chi connectivity index (χ4v) is 4.50. The van der Waals surface area contributed by atoms with Gasteiger partial charge >= 0.3 is 0 Å². The molecule has 4 rings (SSSR count). The van der Waals surface area contributed by atoms with Gasteiger partial charge in [-0.1, -0.05) is 0 Å². The van der Waals surface area contributed by atoms with Crippen molar-refractivity contribution in [1.29, 1.82) is 0 Å². The standard InChI is InChI=1S/C14H13N5OS2/c20-14(9-1-2-10-11(7-9)17-18-16-10)19-4-6-21-8-12(19)13-15-3-5-22-13/h1-3,5,7,12H,4,6,8H2,(H,16,17,18). The molecule has 6 nitrogen and oxygen atoms in total. The van der Waals surface area contributed by atoms with E-state index in [4.69, 9.17) is 0 Å². The number of rotatable bonds is 2. The molecule has 0 bridgehead atoms. The molecular weight excluding hydrogens is 318 g/mol. The number of nitrogens with one attached hydrogen (secondary N) is 1. The van der Waals surface area contributed by atoms with E-state index < -0.39 is 0 Å². The Kier molecular flexibility index (Phi) is 3.55. The molecule has 8 heteroatoms. The predicted molar refractivity (Wildman–Crippen MR) is 87.1 cm³/mol. The highest BCUT2D eigenvalue weighted by atomic mass is 32.2. The number of hydrogen-bond donors (Lipinski definition) is 1. The quantitative estimate of drug-likeness (QED) is 0.780. The van der Waals surface area contributed by atoms with E-state index >= 15 is 0 Å². The van der Waals surface area contributed by atoms with E-state index in [1.807, 2.05) is 34.2 Å². The van der Waals surface area contributed by atoms with Gasteiger partial charge in [0.1, 0.15) is 16.0 Å². The summed E-state index contributed by atoms with van der Waals surface area (Å²) in [6.45, 7) is 0.741. The molecule has 1 saturated heterocycles. The number of aromatic nitrogens is 4. The van der Waals surface area contributed by atoms with E-state index in [2.05, 4.69) is 20.4 Å². The molecule has 1 aliphatic heterocycles. The number of hydrogen-bond acceptors (Lipinski definition) is 6. The lowest BCUT2D eigenvalue weighted by atomic mass is 10.1. The van der Waals surface area contributed by atoms with Crippen molar-refractivity contribution < 1.29 is 4.79 Å². The largest absolute Gasteiger partial charge is 0.328 e. The second-order valence-electron chi connectivity index (χ2n) is 4.99. The monoisotopic (exact) mass is 331 g/mol. The van der Waals surface area contributed by atoms with Crippen LogP contribution in [-0.2, 0) is 0 Å². The molecule has 1 atom stereocenters. The molecular formula is C14H13N5OS2. The van der Waals surface area contributed by atoms with Crippen molar-refractivity contribution in [3.8, 4) is 0 Å². The minimum Gasteiger partial charge on any atom is -0.328 e. The summed E-state index contributed by atoms with van der Waals surface area (Å²) in [6, 6.07) is 5.48. The molecule has 0 saturated carbocycles. The summed E-state index contributed by atoms with van der Waals surface area (Å²) < 4.78 is 0. The first-order valence-corrected chi connectivity index (χ1v) is 8.95. The van der Waals surface area contributed by atoms with Crippen molar-refractivity contribution in [2.24, 2.45) is 0 Å². The van der Waals surface area contributed by atoms with Gasteiger partial charge in [-0.3, -0.25) is 4.79 Å². The fraction of sp³-hybridized carbons (Fsp3) is 0.286. The van der Waals surface area contributed by atoms with Gasteiger partial charge in [0.25, 0.3) is 5.91 Å². The Bertz CT molecular complexity index is 801. The number of thiazole rings is 1. The molecule has 1 aliphatic rings. The average Bonchev–Trinajstić information content (AvgIpc) is 3.24. The molecule has 3 aromatic rings. The van der Waals surface area contributed by atoms with Crippen molar-refractivity contribution in [2.45, 2.75) is 6.04 Å². The smallest absolute Gasteiger partial charge is 0.254 e. The Labute approximate surface area is 134 Å². The lowest BCUT2D eigenvalue weighted by Gasteiger charge is -2.34.